The summed E-state index contributed by atoms with van der Waals surface area (Å²) in [4.78, 5) is 33.6. The van der Waals surface area contributed by atoms with Crippen molar-refractivity contribution in [2.45, 2.75) is 12.2 Å². The van der Waals surface area contributed by atoms with E-state index in [0.717, 1.165) is 11.8 Å². The summed E-state index contributed by atoms with van der Waals surface area (Å²) in [7, 11) is 1.27. The summed E-state index contributed by atoms with van der Waals surface area (Å²) < 4.78 is 4.60. The van der Waals surface area contributed by atoms with Gasteiger partial charge in [-0.15, -0.1) is 11.8 Å². The predicted octanol–water partition coefficient (Wildman–Crippen LogP) is 0.737. The van der Waals surface area contributed by atoms with Crippen LogP contribution in [0.4, 0.5) is 0 Å². The number of carboxylic acids is 1. The number of esters is 1. The minimum atomic E-state index is -0.928. The predicted molar refractivity (Wildman–Crippen MR) is 62.7 cm³/mol. The number of ether oxygens (including phenoxy) is 1. The van der Waals surface area contributed by atoms with Crippen molar-refractivity contribution in [3.8, 4) is 0 Å². The van der Waals surface area contributed by atoms with Gasteiger partial charge in [-0.25, -0.2) is 0 Å². The summed E-state index contributed by atoms with van der Waals surface area (Å²) in [5.41, 5.74) is 0. The van der Waals surface area contributed by atoms with E-state index in [9.17, 15) is 14.4 Å². The second-order valence-electron chi connectivity index (χ2n) is 3.73. The Bertz CT molecular complexity index is 363. The Hall–Kier alpha value is -1.30. The number of hydrogen-bond acceptors (Lipinski definition) is 5. The number of methoxy groups -OCH3 is 1. The smallest absolute Gasteiger partial charge is 0.316 e. The van der Waals surface area contributed by atoms with Crippen molar-refractivity contribution in [2.24, 2.45) is 11.8 Å². The van der Waals surface area contributed by atoms with Crippen LogP contribution in [0.25, 0.3) is 0 Å². The molecule has 1 aliphatic carbocycles. The second kappa shape index (κ2) is 5.86. The third kappa shape index (κ3) is 3.33. The average Bonchev–Trinajstić information content (AvgIpc) is 2.66. The molecule has 0 aromatic heterocycles. The van der Waals surface area contributed by atoms with Crippen LogP contribution in [0.1, 0.15) is 6.92 Å². The number of thioether (sulfide) groups is 1. The molecule has 17 heavy (non-hydrogen) atoms. The standard InChI is InChI=1S/C11H14O5S/c1-6(10(13)14)17-5-8-7(11(15)16-2)3-4-9(8)12/h3-4,6-8H,5H2,1-2H3,(H,13,14). The molecule has 0 spiro atoms. The Labute approximate surface area is 103 Å². The number of aliphatic carboxylic acids is 1. The molecule has 0 amide bonds. The maximum Gasteiger partial charge on any atom is 0.316 e. The lowest BCUT2D eigenvalue weighted by atomic mass is 9.97. The van der Waals surface area contributed by atoms with Gasteiger partial charge in [-0.05, 0) is 13.0 Å². The van der Waals surface area contributed by atoms with E-state index in [2.05, 4.69) is 4.74 Å². The van der Waals surface area contributed by atoms with Crippen LogP contribution in [0.5, 0.6) is 0 Å². The lowest BCUT2D eigenvalue weighted by molar-refractivity contribution is -0.146. The maximum absolute atomic E-state index is 11.5. The minimum absolute atomic E-state index is 0.148. The number of carbonyl (C=O) groups is 3. The van der Waals surface area contributed by atoms with Crippen molar-refractivity contribution in [2.75, 3.05) is 12.9 Å². The molecule has 0 heterocycles. The highest BCUT2D eigenvalue weighted by atomic mass is 32.2. The van der Waals surface area contributed by atoms with E-state index in [1.54, 1.807) is 6.92 Å². The molecular weight excluding hydrogens is 244 g/mol. The first-order valence-electron chi connectivity index (χ1n) is 5.11. The van der Waals surface area contributed by atoms with Crippen LogP contribution in [-0.2, 0) is 19.1 Å². The van der Waals surface area contributed by atoms with Crippen LogP contribution >= 0.6 is 11.8 Å². The minimum Gasteiger partial charge on any atom is -0.480 e. The van der Waals surface area contributed by atoms with Crippen LogP contribution in [0.15, 0.2) is 12.2 Å². The number of carboxylic acid groups (broad SMARTS) is 1. The monoisotopic (exact) mass is 258 g/mol. The van der Waals surface area contributed by atoms with Gasteiger partial charge in [-0.1, -0.05) is 6.08 Å². The molecule has 3 unspecified atom stereocenters. The van der Waals surface area contributed by atoms with Gasteiger partial charge in [-0.3, -0.25) is 14.4 Å². The van der Waals surface area contributed by atoms with E-state index in [-0.39, 0.29) is 5.78 Å². The molecule has 94 valence electrons. The van der Waals surface area contributed by atoms with Crippen LogP contribution in [0.3, 0.4) is 0 Å². The van der Waals surface area contributed by atoms with Crippen molar-refractivity contribution in [3.05, 3.63) is 12.2 Å². The highest BCUT2D eigenvalue weighted by Gasteiger charge is 2.36. The first-order valence-corrected chi connectivity index (χ1v) is 6.16. The van der Waals surface area contributed by atoms with Gasteiger partial charge < -0.3 is 9.84 Å². The van der Waals surface area contributed by atoms with Crippen molar-refractivity contribution in [1.82, 2.24) is 0 Å². The number of carbonyl (C=O) groups excluding carboxylic acids is 2. The Kier molecular flexibility index (Phi) is 4.74. The molecule has 0 aromatic carbocycles. The Balaban J connectivity index is 2.59. The Morgan fingerprint density at radius 1 is 1.59 bits per heavy atom. The quantitative estimate of drug-likeness (QED) is 0.732. The molecule has 0 fully saturated rings. The summed E-state index contributed by atoms with van der Waals surface area (Å²) in [6, 6.07) is 0. The molecule has 0 saturated carbocycles. The molecule has 6 heteroatoms. The molecule has 1 N–H and O–H groups in total. The topological polar surface area (TPSA) is 80.7 Å². The van der Waals surface area contributed by atoms with Gasteiger partial charge in [0, 0.05) is 11.7 Å². The lowest BCUT2D eigenvalue weighted by Gasteiger charge is -2.16. The molecule has 0 radical (unpaired) electrons. The molecule has 0 aromatic rings. The molecule has 0 bridgehead atoms. The fourth-order valence-corrected chi connectivity index (χ4v) is 2.53. The van der Waals surface area contributed by atoms with Gasteiger partial charge in [0.15, 0.2) is 5.78 Å². The number of rotatable bonds is 5. The van der Waals surface area contributed by atoms with Crippen LogP contribution < -0.4 is 0 Å². The zero-order valence-corrected chi connectivity index (χ0v) is 10.4. The summed E-state index contributed by atoms with van der Waals surface area (Å²) in [5, 5.41) is 8.13. The highest BCUT2D eigenvalue weighted by Crippen LogP contribution is 2.28. The molecule has 3 atom stereocenters. The summed E-state index contributed by atoms with van der Waals surface area (Å²) in [5.74, 6) is -2.32. The second-order valence-corrected chi connectivity index (χ2v) is 5.10. The fourth-order valence-electron chi connectivity index (χ4n) is 1.52. The third-order valence-corrected chi connectivity index (χ3v) is 3.87. The van der Waals surface area contributed by atoms with Gasteiger partial charge in [0.2, 0.25) is 0 Å². The normalized spacial score (nSPS) is 24.7. The first-order chi connectivity index (χ1) is 7.97. The van der Waals surface area contributed by atoms with Crippen molar-refractivity contribution >= 4 is 29.5 Å². The largest absolute Gasteiger partial charge is 0.480 e. The van der Waals surface area contributed by atoms with Crippen LogP contribution in [-0.4, -0.2) is 40.9 Å². The fraction of sp³-hybridized carbons (Fsp3) is 0.545. The van der Waals surface area contributed by atoms with Gasteiger partial charge in [0.25, 0.3) is 0 Å². The highest BCUT2D eigenvalue weighted by molar-refractivity contribution is 8.00. The van der Waals surface area contributed by atoms with E-state index in [0.29, 0.717) is 5.75 Å². The Morgan fingerprint density at radius 2 is 2.24 bits per heavy atom. The van der Waals surface area contributed by atoms with Crippen molar-refractivity contribution in [1.29, 1.82) is 0 Å². The van der Waals surface area contributed by atoms with Gasteiger partial charge >= 0.3 is 11.9 Å². The zero-order chi connectivity index (χ0) is 13.0. The average molecular weight is 258 g/mol. The van der Waals surface area contributed by atoms with E-state index < -0.39 is 29.0 Å². The summed E-state index contributed by atoms with van der Waals surface area (Å²) >= 11 is 1.15. The van der Waals surface area contributed by atoms with Crippen molar-refractivity contribution in [3.63, 3.8) is 0 Å². The van der Waals surface area contributed by atoms with E-state index in [1.165, 1.54) is 19.3 Å². The van der Waals surface area contributed by atoms with E-state index >= 15 is 0 Å². The lowest BCUT2D eigenvalue weighted by Crippen LogP contribution is -2.27. The first kappa shape index (κ1) is 13.8. The number of ketones is 1. The van der Waals surface area contributed by atoms with Crippen molar-refractivity contribution < 1.29 is 24.2 Å². The van der Waals surface area contributed by atoms with Crippen LogP contribution in [0, 0.1) is 11.8 Å². The molecular formula is C11H14O5S. The molecule has 1 rings (SSSR count). The molecule has 0 saturated heterocycles. The van der Waals surface area contributed by atoms with Gasteiger partial charge in [0.05, 0.1) is 18.3 Å². The summed E-state index contributed by atoms with van der Waals surface area (Å²) in [6.45, 7) is 1.55. The molecule has 0 aliphatic heterocycles. The number of allylic oxidation sites excluding steroid dienone is 1. The SMILES string of the molecule is COC(=O)C1C=CC(=O)C1CSC(C)C(=O)O. The van der Waals surface area contributed by atoms with Gasteiger partial charge in [0.1, 0.15) is 0 Å². The molecule has 5 nitrogen and oxygen atoms in total. The molecule has 1 aliphatic rings. The number of hydrogen-bond donors (Lipinski definition) is 1. The van der Waals surface area contributed by atoms with Crippen LogP contribution in [0.2, 0.25) is 0 Å². The Morgan fingerprint density at radius 3 is 2.76 bits per heavy atom. The maximum atomic E-state index is 11.5. The van der Waals surface area contributed by atoms with Gasteiger partial charge in [-0.2, -0.15) is 0 Å². The zero-order valence-electron chi connectivity index (χ0n) is 9.58. The van der Waals surface area contributed by atoms with E-state index in [4.69, 9.17) is 5.11 Å². The summed E-state index contributed by atoms with van der Waals surface area (Å²) in [6.07, 6.45) is 2.88. The third-order valence-electron chi connectivity index (χ3n) is 2.61. The van der Waals surface area contributed by atoms with E-state index in [1.807, 2.05) is 0 Å².